The summed E-state index contributed by atoms with van der Waals surface area (Å²) in [6, 6.07) is 26.5. The highest BCUT2D eigenvalue weighted by Gasteiger charge is 2.29. The second-order valence-corrected chi connectivity index (χ2v) is 11.8. The summed E-state index contributed by atoms with van der Waals surface area (Å²) in [5.41, 5.74) is 2.70. The molecule has 0 spiro atoms. The third-order valence-corrected chi connectivity index (χ3v) is 7.66. The zero-order chi connectivity index (χ0) is 21.2. The summed E-state index contributed by atoms with van der Waals surface area (Å²) in [6.45, 7) is 13.7. The van der Waals surface area contributed by atoms with E-state index in [2.05, 4.69) is 114 Å². The smallest absolute Gasteiger partial charge is 0.130 e. The van der Waals surface area contributed by atoms with Crippen molar-refractivity contribution in [3.8, 4) is 5.75 Å². The number of ether oxygens (including phenoxy) is 1. The van der Waals surface area contributed by atoms with Gasteiger partial charge in [0.25, 0.3) is 0 Å². The summed E-state index contributed by atoms with van der Waals surface area (Å²) in [5, 5.41) is 3.99. The van der Waals surface area contributed by atoms with Crippen LogP contribution >= 0.6 is 7.92 Å². The number of methoxy groups -OCH3 is 1. The maximum Gasteiger partial charge on any atom is 0.130 e. The Morgan fingerprint density at radius 2 is 1.14 bits per heavy atom. The third kappa shape index (κ3) is 4.73. The fraction of sp³-hybridized carbons (Fsp3) is 0.333. The fourth-order valence-corrected chi connectivity index (χ4v) is 6.04. The molecule has 0 atom stereocenters. The van der Waals surface area contributed by atoms with Crippen LogP contribution in [0.4, 0.5) is 0 Å². The van der Waals surface area contributed by atoms with Crippen LogP contribution in [-0.4, -0.2) is 7.11 Å². The number of benzene rings is 3. The quantitative estimate of drug-likeness (QED) is 0.481. The lowest BCUT2D eigenvalue weighted by Gasteiger charge is -2.31. The van der Waals surface area contributed by atoms with Crippen LogP contribution in [0.5, 0.6) is 5.75 Å². The van der Waals surface area contributed by atoms with Gasteiger partial charge in [-0.05, 0) is 41.0 Å². The minimum Gasteiger partial charge on any atom is -0.496 e. The van der Waals surface area contributed by atoms with Crippen LogP contribution < -0.4 is 20.7 Å². The van der Waals surface area contributed by atoms with Crippen LogP contribution in [0.3, 0.4) is 0 Å². The van der Waals surface area contributed by atoms with Gasteiger partial charge in [-0.15, -0.1) is 0 Å². The van der Waals surface area contributed by atoms with E-state index in [1.54, 1.807) is 0 Å². The second-order valence-electron chi connectivity index (χ2n) is 9.58. The molecule has 3 aromatic rings. The summed E-state index contributed by atoms with van der Waals surface area (Å²) in [4.78, 5) is 0. The molecule has 0 aliphatic carbocycles. The molecule has 0 fully saturated rings. The molecular weight excluding hydrogens is 371 g/mol. The molecule has 1 nitrogen and oxygen atoms in total. The van der Waals surface area contributed by atoms with E-state index < -0.39 is 7.92 Å². The first-order chi connectivity index (χ1) is 13.6. The number of rotatable bonds is 4. The lowest BCUT2D eigenvalue weighted by Crippen LogP contribution is -2.27. The largest absolute Gasteiger partial charge is 0.496 e. The van der Waals surface area contributed by atoms with Gasteiger partial charge < -0.3 is 4.74 Å². The van der Waals surface area contributed by atoms with E-state index in [1.807, 2.05) is 7.11 Å². The Labute approximate surface area is 177 Å². The van der Waals surface area contributed by atoms with Crippen molar-refractivity contribution in [2.24, 2.45) is 0 Å². The molecule has 29 heavy (non-hydrogen) atoms. The molecule has 0 saturated carbocycles. The van der Waals surface area contributed by atoms with Crippen LogP contribution in [0.2, 0.25) is 0 Å². The van der Waals surface area contributed by atoms with Crippen molar-refractivity contribution < 1.29 is 4.74 Å². The summed E-state index contributed by atoms with van der Waals surface area (Å²) >= 11 is 0. The molecule has 152 valence electrons. The van der Waals surface area contributed by atoms with Gasteiger partial charge in [0.15, 0.2) is 0 Å². The molecule has 0 radical (unpaired) electrons. The number of hydrogen-bond donors (Lipinski definition) is 0. The van der Waals surface area contributed by atoms with E-state index in [9.17, 15) is 0 Å². The topological polar surface area (TPSA) is 9.23 Å². The maximum absolute atomic E-state index is 6.11. The van der Waals surface area contributed by atoms with E-state index in [1.165, 1.54) is 27.0 Å². The maximum atomic E-state index is 6.11. The van der Waals surface area contributed by atoms with Crippen molar-refractivity contribution in [3.63, 3.8) is 0 Å². The second kappa shape index (κ2) is 8.33. The minimum absolute atomic E-state index is 0.00423. The normalized spacial score (nSPS) is 12.3. The highest BCUT2D eigenvalue weighted by atomic mass is 31.1. The molecule has 0 heterocycles. The van der Waals surface area contributed by atoms with Crippen LogP contribution in [0.1, 0.15) is 52.7 Å². The summed E-state index contributed by atoms with van der Waals surface area (Å²) in [7, 11) is 1.09. The molecule has 0 amide bonds. The molecule has 0 bridgehead atoms. The standard InChI is InChI=1S/C27H33OP/c1-26(2,3)20-18-23(27(4,5)6)25(28-7)24(19-20)29(21-14-10-8-11-15-21)22-16-12-9-13-17-22/h8-19H,1-7H3. The van der Waals surface area contributed by atoms with Crippen molar-refractivity contribution >= 4 is 23.8 Å². The zero-order valence-corrected chi connectivity index (χ0v) is 19.7. The van der Waals surface area contributed by atoms with Gasteiger partial charge in [-0.3, -0.25) is 0 Å². The molecule has 0 unspecified atom stereocenters. The van der Waals surface area contributed by atoms with Crippen molar-refractivity contribution in [2.75, 3.05) is 7.11 Å². The molecule has 0 saturated heterocycles. The molecule has 3 rings (SSSR count). The van der Waals surface area contributed by atoms with E-state index in [0.29, 0.717) is 0 Å². The monoisotopic (exact) mass is 404 g/mol. The minimum atomic E-state index is -0.724. The van der Waals surface area contributed by atoms with Gasteiger partial charge in [-0.25, -0.2) is 0 Å². The first-order valence-corrected chi connectivity index (χ1v) is 11.6. The summed E-state index contributed by atoms with van der Waals surface area (Å²) in [5.74, 6) is 1.03. The van der Waals surface area contributed by atoms with Gasteiger partial charge in [0.2, 0.25) is 0 Å². The zero-order valence-electron chi connectivity index (χ0n) is 18.8. The van der Waals surface area contributed by atoms with Gasteiger partial charge in [0.05, 0.1) is 7.11 Å². The van der Waals surface area contributed by atoms with E-state index >= 15 is 0 Å². The molecule has 0 aliphatic heterocycles. The van der Waals surface area contributed by atoms with Crippen LogP contribution in [-0.2, 0) is 10.8 Å². The highest BCUT2D eigenvalue weighted by Crippen LogP contribution is 2.42. The molecule has 0 aromatic heterocycles. The van der Waals surface area contributed by atoms with Crippen LogP contribution in [0.15, 0.2) is 72.8 Å². The van der Waals surface area contributed by atoms with Gasteiger partial charge in [0, 0.05) is 10.9 Å². The van der Waals surface area contributed by atoms with E-state index in [0.717, 1.165) is 5.75 Å². The molecule has 3 aromatic carbocycles. The third-order valence-electron chi connectivity index (χ3n) is 5.22. The Morgan fingerprint density at radius 3 is 1.52 bits per heavy atom. The van der Waals surface area contributed by atoms with Crippen molar-refractivity contribution in [2.45, 2.75) is 52.4 Å². The van der Waals surface area contributed by atoms with Crippen molar-refractivity contribution in [3.05, 3.63) is 83.9 Å². The van der Waals surface area contributed by atoms with Gasteiger partial charge in [0.1, 0.15) is 5.75 Å². The Morgan fingerprint density at radius 1 is 0.655 bits per heavy atom. The van der Waals surface area contributed by atoms with Crippen LogP contribution in [0.25, 0.3) is 0 Å². The van der Waals surface area contributed by atoms with Gasteiger partial charge in [-0.1, -0.05) is 108 Å². The molecule has 0 aliphatic rings. The first kappa shape index (κ1) is 21.6. The lowest BCUT2D eigenvalue weighted by molar-refractivity contribution is 0.400. The molecule has 2 heteroatoms. The Bertz CT molecular complexity index is 908. The van der Waals surface area contributed by atoms with Crippen molar-refractivity contribution in [1.82, 2.24) is 0 Å². The predicted octanol–water partition coefficient (Wildman–Crippen LogP) is 6.05. The fourth-order valence-electron chi connectivity index (χ4n) is 3.57. The highest BCUT2D eigenvalue weighted by molar-refractivity contribution is 7.80. The molecular formula is C27H33OP. The average molecular weight is 405 g/mol. The van der Waals surface area contributed by atoms with Gasteiger partial charge in [-0.2, -0.15) is 0 Å². The Balaban J connectivity index is 2.38. The lowest BCUT2D eigenvalue weighted by atomic mass is 9.80. The van der Waals surface area contributed by atoms with E-state index in [4.69, 9.17) is 4.74 Å². The predicted molar refractivity (Wildman–Crippen MR) is 129 cm³/mol. The van der Waals surface area contributed by atoms with Gasteiger partial charge >= 0.3 is 0 Å². The summed E-state index contributed by atoms with van der Waals surface area (Å²) < 4.78 is 6.11. The Hall–Kier alpha value is -2.11. The van der Waals surface area contributed by atoms with Crippen LogP contribution in [0, 0.1) is 0 Å². The average Bonchev–Trinajstić information content (AvgIpc) is 2.68. The SMILES string of the molecule is COc1c(P(c2ccccc2)c2ccccc2)cc(C(C)(C)C)cc1C(C)(C)C. The Kier molecular flexibility index (Phi) is 6.20. The summed E-state index contributed by atoms with van der Waals surface area (Å²) in [6.07, 6.45) is 0. The molecule has 0 N–H and O–H groups in total. The van der Waals surface area contributed by atoms with Crippen molar-refractivity contribution in [1.29, 1.82) is 0 Å². The first-order valence-electron chi connectivity index (χ1n) is 10.3. The number of hydrogen-bond acceptors (Lipinski definition) is 1. The van der Waals surface area contributed by atoms with E-state index in [-0.39, 0.29) is 10.8 Å².